The Bertz CT molecular complexity index is 418. The van der Waals surface area contributed by atoms with Crippen molar-refractivity contribution in [3.8, 4) is 0 Å². The molecule has 0 heterocycles. The van der Waals surface area contributed by atoms with Crippen LogP contribution in [0.15, 0.2) is 30.3 Å². The molecular weight excluding hydrogens is 252 g/mol. The number of para-hydroxylation sites is 1. The number of nitrogens with one attached hydrogen (secondary N) is 1. The van der Waals surface area contributed by atoms with Crippen molar-refractivity contribution in [2.24, 2.45) is 5.41 Å². The number of carbonyl (C=O) groups is 1. The van der Waals surface area contributed by atoms with Gasteiger partial charge in [-0.2, -0.15) is 0 Å². The number of methoxy groups -OCH3 is 1. The van der Waals surface area contributed by atoms with E-state index in [-0.39, 0.29) is 11.9 Å². The Morgan fingerprint density at radius 3 is 2.50 bits per heavy atom. The molecule has 0 aliphatic carbocycles. The first-order valence-electron chi connectivity index (χ1n) is 6.93. The normalized spacial score (nSPS) is 12.8. The highest BCUT2D eigenvalue weighted by Gasteiger charge is 2.27. The molecule has 0 radical (unpaired) electrons. The topological polar surface area (TPSA) is 41.6 Å². The molecule has 0 fully saturated rings. The summed E-state index contributed by atoms with van der Waals surface area (Å²) in [6.45, 7) is 6.89. The molecule has 4 nitrogen and oxygen atoms in total. The summed E-state index contributed by atoms with van der Waals surface area (Å²) in [4.78, 5) is 14.3. The van der Waals surface area contributed by atoms with Crippen molar-refractivity contribution in [2.45, 2.75) is 26.8 Å². The average Bonchev–Trinajstić information content (AvgIpc) is 2.44. The summed E-state index contributed by atoms with van der Waals surface area (Å²) >= 11 is 0. The van der Waals surface area contributed by atoms with E-state index in [1.807, 2.05) is 39.1 Å². The number of ether oxygens (including phenoxy) is 1. The highest BCUT2D eigenvalue weighted by molar-refractivity contribution is 5.82. The third kappa shape index (κ3) is 4.53. The quantitative estimate of drug-likeness (QED) is 0.832. The van der Waals surface area contributed by atoms with Gasteiger partial charge in [0.25, 0.3) is 0 Å². The van der Waals surface area contributed by atoms with Crippen LogP contribution >= 0.6 is 0 Å². The van der Waals surface area contributed by atoms with Crippen LogP contribution in [0.25, 0.3) is 0 Å². The molecule has 20 heavy (non-hydrogen) atoms. The number of hydrogen-bond acceptors (Lipinski definition) is 3. The van der Waals surface area contributed by atoms with Crippen LogP contribution in [0.5, 0.6) is 0 Å². The number of likely N-dealkylation sites (N-methyl/N-ethyl adjacent to an activating group) is 1. The molecule has 1 aromatic carbocycles. The van der Waals surface area contributed by atoms with E-state index < -0.39 is 5.41 Å². The van der Waals surface area contributed by atoms with Crippen molar-refractivity contribution < 1.29 is 9.53 Å². The van der Waals surface area contributed by atoms with E-state index in [9.17, 15) is 4.79 Å². The average molecular weight is 278 g/mol. The SMILES string of the molecule is COCC(C)(C)C(=O)NC[C@@H](C)N(C)c1ccccc1. The fraction of sp³-hybridized carbons (Fsp3) is 0.562. The van der Waals surface area contributed by atoms with Gasteiger partial charge in [-0.05, 0) is 32.9 Å². The Labute approximate surface area is 122 Å². The van der Waals surface area contributed by atoms with Crippen molar-refractivity contribution in [1.82, 2.24) is 5.32 Å². The highest BCUT2D eigenvalue weighted by Crippen LogP contribution is 2.16. The summed E-state index contributed by atoms with van der Waals surface area (Å²) in [5.41, 5.74) is 0.644. The van der Waals surface area contributed by atoms with Crippen molar-refractivity contribution in [3.05, 3.63) is 30.3 Å². The van der Waals surface area contributed by atoms with Gasteiger partial charge in [0.05, 0.1) is 12.0 Å². The van der Waals surface area contributed by atoms with Gasteiger partial charge in [-0.3, -0.25) is 4.79 Å². The number of hydrogen-bond donors (Lipinski definition) is 1. The Morgan fingerprint density at radius 2 is 1.95 bits per heavy atom. The smallest absolute Gasteiger partial charge is 0.228 e. The molecule has 1 N–H and O–H groups in total. The van der Waals surface area contributed by atoms with E-state index in [1.54, 1.807) is 7.11 Å². The van der Waals surface area contributed by atoms with Crippen molar-refractivity contribution in [2.75, 3.05) is 32.2 Å². The van der Waals surface area contributed by atoms with Gasteiger partial charge in [-0.25, -0.2) is 0 Å². The predicted octanol–water partition coefficient (Wildman–Crippen LogP) is 2.30. The van der Waals surface area contributed by atoms with E-state index in [2.05, 4.69) is 29.3 Å². The van der Waals surface area contributed by atoms with Gasteiger partial charge >= 0.3 is 0 Å². The van der Waals surface area contributed by atoms with Crippen molar-refractivity contribution in [3.63, 3.8) is 0 Å². The van der Waals surface area contributed by atoms with Crippen LogP contribution in [0.4, 0.5) is 5.69 Å². The van der Waals surface area contributed by atoms with E-state index in [1.165, 1.54) is 0 Å². The van der Waals surface area contributed by atoms with Crippen LogP contribution in [0.2, 0.25) is 0 Å². The zero-order valence-corrected chi connectivity index (χ0v) is 13.1. The van der Waals surface area contributed by atoms with Gasteiger partial charge < -0.3 is 15.0 Å². The minimum absolute atomic E-state index is 0.0210. The van der Waals surface area contributed by atoms with Crippen LogP contribution < -0.4 is 10.2 Å². The number of anilines is 1. The minimum atomic E-state index is -0.500. The Balaban J connectivity index is 2.51. The number of nitrogens with zero attached hydrogens (tertiary/aromatic N) is 1. The molecule has 0 bridgehead atoms. The third-order valence-electron chi connectivity index (χ3n) is 3.50. The maximum atomic E-state index is 12.1. The standard InChI is InChI=1S/C16H26N2O2/c1-13(18(4)14-9-7-6-8-10-14)11-17-15(19)16(2,3)12-20-5/h6-10,13H,11-12H2,1-5H3,(H,17,19)/t13-/m1/s1. The summed E-state index contributed by atoms with van der Waals surface area (Å²) in [6, 6.07) is 10.4. The zero-order chi connectivity index (χ0) is 15.2. The maximum Gasteiger partial charge on any atom is 0.228 e. The molecule has 0 aliphatic rings. The lowest BCUT2D eigenvalue weighted by Crippen LogP contribution is -2.46. The molecule has 1 atom stereocenters. The molecule has 0 aromatic heterocycles. The number of benzene rings is 1. The molecular formula is C16H26N2O2. The fourth-order valence-electron chi connectivity index (χ4n) is 1.96. The third-order valence-corrected chi connectivity index (χ3v) is 3.50. The number of amides is 1. The number of rotatable bonds is 7. The second kappa shape index (κ2) is 7.29. The molecule has 0 spiro atoms. The van der Waals surface area contributed by atoms with Crippen LogP contribution in [-0.2, 0) is 9.53 Å². The summed E-state index contributed by atoms with van der Waals surface area (Å²) in [5.74, 6) is 0.0210. The summed E-state index contributed by atoms with van der Waals surface area (Å²) in [7, 11) is 3.65. The lowest BCUT2D eigenvalue weighted by molar-refractivity contribution is -0.131. The zero-order valence-electron chi connectivity index (χ0n) is 13.1. The lowest BCUT2D eigenvalue weighted by Gasteiger charge is -2.29. The van der Waals surface area contributed by atoms with Crippen LogP contribution in [0.3, 0.4) is 0 Å². The number of carbonyl (C=O) groups excluding carboxylic acids is 1. The monoisotopic (exact) mass is 278 g/mol. The highest BCUT2D eigenvalue weighted by atomic mass is 16.5. The molecule has 1 amide bonds. The van der Waals surface area contributed by atoms with Crippen LogP contribution in [-0.4, -0.2) is 39.3 Å². The molecule has 4 heteroatoms. The summed E-state index contributed by atoms with van der Waals surface area (Å²) in [5, 5.41) is 3.00. The lowest BCUT2D eigenvalue weighted by atomic mass is 9.93. The van der Waals surface area contributed by atoms with Crippen molar-refractivity contribution in [1.29, 1.82) is 0 Å². The first-order chi connectivity index (χ1) is 9.38. The van der Waals surface area contributed by atoms with E-state index in [0.29, 0.717) is 13.2 Å². The predicted molar refractivity (Wildman–Crippen MR) is 83.0 cm³/mol. The van der Waals surface area contributed by atoms with Gasteiger partial charge in [0, 0.05) is 32.4 Å². The molecule has 1 rings (SSSR count). The molecule has 0 saturated carbocycles. The molecule has 112 valence electrons. The van der Waals surface area contributed by atoms with Crippen LogP contribution in [0, 0.1) is 5.41 Å². The van der Waals surface area contributed by atoms with E-state index in [0.717, 1.165) is 5.69 Å². The van der Waals surface area contributed by atoms with Gasteiger partial charge in [0.2, 0.25) is 5.91 Å². The maximum absolute atomic E-state index is 12.1. The second-order valence-corrected chi connectivity index (χ2v) is 5.82. The van der Waals surface area contributed by atoms with E-state index in [4.69, 9.17) is 4.74 Å². The Hall–Kier alpha value is -1.55. The van der Waals surface area contributed by atoms with E-state index >= 15 is 0 Å². The fourth-order valence-corrected chi connectivity index (χ4v) is 1.96. The Kier molecular flexibility index (Phi) is 6.02. The van der Waals surface area contributed by atoms with Crippen molar-refractivity contribution >= 4 is 11.6 Å². The second-order valence-electron chi connectivity index (χ2n) is 5.82. The van der Waals surface area contributed by atoms with Crippen LogP contribution in [0.1, 0.15) is 20.8 Å². The Morgan fingerprint density at radius 1 is 1.35 bits per heavy atom. The molecule has 0 unspecified atom stereocenters. The first-order valence-corrected chi connectivity index (χ1v) is 6.93. The molecule has 0 aliphatic heterocycles. The summed E-state index contributed by atoms with van der Waals surface area (Å²) in [6.07, 6.45) is 0. The first kappa shape index (κ1) is 16.5. The molecule has 0 saturated heterocycles. The largest absolute Gasteiger partial charge is 0.384 e. The van der Waals surface area contributed by atoms with Gasteiger partial charge in [-0.15, -0.1) is 0 Å². The minimum Gasteiger partial charge on any atom is -0.384 e. The van der Waals surface area contributed by atoms with Gasteiger partial charge in [-0.1, -0.05) is 18.2 Å². The van der Waals surface area contributed by atoms with Gasteiger partial charge in [0.1, 0.15) is 0 Å². The molecule has 1 aromatic rings. The summed E-state index contributed by atoms with van der Waals surface area (Å²) < 4.78 is 5.08. The van der Waals surface area contributed by atoms with Gasteiger partial charge in [0.15, 0.2) is 0 Å².